The molecule has 1 heterocycles. The Morgan fingerprint density at radius 2 is 2.06 bits per heavy atom. The van der Waals surface area contributed by atoms with E-state index in [-0.39, 0.29) is 0 Å². The van der Waals surface area contributed by atoms with Gasteiger partial charge < -0.3 is 14.6 Å². The largest absolute Gasteiger partial charge is 0.497 e. The third kappa shape index (κ3) is 3.11. The fourth-order valence-electron chi connectivity index (χ4n) is 1.80. The molecule has 0 radical (unpaired) electrons. The van der Waals surface area contributed by atoms with Crippen molar-refractivity contribution in [2.45, 2.75) is 13.1 Å². The third-order valence-corrected chi connectivity index (χ3v) is 2.82. The molecular weight excluding hydrogens is 212 g/mol. The molecule has 2 rings (SSSR count). The summed E-state index contributed by atoms with van der Waals surface area (Å²) >= 11 is 0. The van der Waals surface area contributed by atoms with Gasteiger partial charge in [-0.15, -0.1) is 0 Å². The van der Waals surface area contributed by atoms with Crippen molar-refractivity contribution >= 4 is 0 Å². The van der Waals surface area contributed by atoms with Crippen molar-refractivity contribution in [1.82, 2.24) is 9.88 Å². The van der Waals surface area contributed by atoms with Crippen molar-refractivity contribution in [3.05, 3.63) is 53.9 Å². The van der Waals surface area contributed by atoms with E-state index >= 15 is 0 Å². The maximum absolute atomic E-state index is 5.19. The highest BCUT2D eigenvalue weighted by Crippen LogP contribution is 2.12. The van der Waals surface area contributed by atoms with Gasteiger partial charge in [-0.05, 0) is 29.8 Å². The zero-order valence-corrected chi connectivity index (χ0v) is 10.3. The van der Waals surface area contributed by atoms with E-state index < -0.39 is 0 Å². The molecule has 0 unspecified atom stereocenters. The summed E-state index contributed by atoms with van der Waals surface area (Å²) < 4.78 is 7.32. The molecule has 0 aliphatic carbocycles. The summed E-state index contributed by atoms with van der Waals surface area (Å²) in [6, 6.07) is 12.3. The molecule has 0 spiro atoms. The molecule has 0 atom stereocenters. The summed E-state index contributed by atoms with van der Waals surface area (Å²) in [5.74, 6) is 0.906. The summed E-state index contributed by atoms with van der Waals surface area (Å²) in [5.41, 5.74) is 2.52. The molecule has 0 fully saturated rings. The first kappa shape index (κ1) is 11.7. The number of rotatable bonds is 5. The number of nitrogens with zero attached hydrogens (tertiary/aromatic N) is 1. The number of aromatic nitrogens is 1. The standard InChI is InChI=1S/C14H18N2O/c1-16-8-4-6-13(16)11-15-10-12-5-3-7-14(9-12)17-2/h3-9,15H,10-11H2,1-2H3. The van der Waals surface area contributed by atoms with Crippen LogP contribution in [0.3, 0.4) is 0 Å². The second-order valence-electron chi connectivity index (χ2n) is 4.07. The first-order valence-corrected chi connectivity index (χ1v) is 5.73. The van der Waals surface area contributed by atoms with Crippen LogP contribution >= 0.6 is 0 Å². The van der Waals surface area contributed by atoms with Crippen LogP contribution in [0.25, 0.3) is 0 Å². The summed E-state index contributed by atoms with van der Waals surface area (Å²) in [4.78, 5) is 0. The highest BCUT2D eigenvalue weighted by atomic mass is 16.5. The van der Waals surface area contributed by atoms with E-state index in [1.807, 2.05) is 12.1 Å². The van der Waals surface area contributed by atoms with Gasteiger partial charge in [-0.1, -0.05) is 12.1 Å². The van der Waals surface area contributed by atoms with Gasteiger partial charge >= 0.3 is 0 Å². The molecule has 1 aromatic heterocycles. The van der Waals surface area contributed by atoms with E-state index in [0.717, 1.165) is 18.8 Å². The fourth-order valence-corrected chi connectivity index (χ4v) is 1.80. The van der Waals surface area contributed by atoms with Gasteiger partial charge in [0.1, 0.15) is 5.75 Å². The van der Waals surface area contributed by atoms with Crippen molar-refractivity contribution in [3.8, 4) is 5.75 Å². The zero-order chi connectivity index (χ0) is 12.1. The van der Waals surface area contributed by atoms with Crippen LogP contribution in [0.2, 0.25) is 0 Å². The Balaban J connectivity index is 1.87. The highest BCUT2D eigenvalue weighted by Gasteiger charge is 1.98. The van der Waals surface area contributed by atoms with Gasteiger partial charge in [0.2, 0.25) is 0 Å². The van der Waals surface area contributed by atoms with Crippen molar-refractivity contribution in [2.24, 2.45) is 7.05 Å². The van der Waals surface area contributed by atoms with Crippen LogP contribution in [-0.4, -0.2) is 11.7 Å². The molecule has 3 heteroatoms. The molecule has 1 aromatic carbocycles. The van der Waals surface area contributed by atoms with Gasteiger partial charge in [0, 0.05) is 32.0 Å². The molecule has 0 amide bonds. The lowest BCUT2D eigenvalue weighted by Crippen LogP contribution is -2.14. The van der Waals surface area contributed by atoms with Crippen molar-refractivity contribution in [2.75, 3.05) is 7.11 Å². The van der Waals surface area contributed by atoms with Crippen LogP contribution in [0.15, 0.2) is 42.6 Å². The van der Waals surface area contributed by atoms with Crippen molar-refractivity contribution in [1.29, 1.82) is 0 Å². The Morgan fingerprint density at radius 1 is 1.18 bits per heavy atom. The predicted molar refractivity (Wildman–Crippen MR) is 69.0 cm³/mol. The van der Waals surface area contributed by atoms with Gasteiger partial charge in [0.15, 0.2) is 0 Å². The average Bonchev–Trinajstić information content (AvgIpc) is 2.76. The van der Waals surface area contributed by atoms with Gasteiger partial charge in [-0.2, -0.15) is 0 Å². The average molecular weight is 230 g/mol. The lowest BCUT2D eigenvalue weighted by atomic mass is 10.2. The van der Waals surface area contributed by atoms with Gasteiger partial charge in [-0.25, -0.2) is 0 Å². The highest BCUT2D eigenvalue weighted by molar-refractivity contribution is 5.28. The van der Waals surface area contributed by atoms with Gasteiger partial charge in [0.05, 0.1) is 7.11 Å². The summed E-state index contributed by atoms with van der Waals surface area (Å²) in [5, 5.41) is 3.42. The molecule has 1 N–H and O–H groups in total. The number of nitrogens with one attached hydrogen (secondary N) is 1. The Kier molecular flexibility index (Phi) is 3.83. The van der Waals surface area contributed by atoms with Crippen LogP contribution in [-0.2, 0) is 20.1 Å². The smallest absolute Gasteiger partial charge is 0.119 e. The maximum atomic E-state index is 5.19. The minimum absolute atomic E-state index is 0.850. The first-order valence-electron chi connectivity index (χ1n) is 5.73. The Morgan fingerprint density at radius 3 is 2.76 bits per heavy atom. The van der Waals surface area contributed by atoms with E-state index in [1.54, 1.807) is 7.11 Å². The van der Waals surface area contributed by atoms with Crippen molar-refractivity contribution < 1.29 is 4.74 Å². The van der Waals surface area contributed by atoms with Gasteiger partial charge in [0.25, 0.3) is 0 Å². The summed E-state index contributed by atoms with van der Waals surface area (Å²) in [6.45, 7) is 1.73. The second kappa shape index (κ2) is 5.55. The lowest BCUT2D eigenvalue weighted by molar-refractivity contribution is 0.414. The van der Waals surface area contributed by atoms with E-state index in [2.05, 4.69) is 47.4 Å². The van der Waals surface area contributed by atoms with E-state index in [1.165, 1.54) is 11.3 Å². The molecule has 0 saturated heterocycles. The Hall–Kier alpha value is -1.74. The maximum Gasteiger partial charge on any atom is 0.119 e. The van der Waals surface area contributed by atoms with Crippen molar-refractivity contribution in [3.63, 3.8) is 0 Å². The van der Waals surface area contributed by atoms with Crippen LogP contribution in [0.1, 0.15) is 11.3 Å². The van der Waals surface area contributed by atoms with Crippen LogP contribution < -0.4 is 10.1 Å². The third-order valence-electron chi connectivity index (χ3n) is 2.82. The first-order chi connectivity index (χ1) is 8.29. The number of ether oxygens (including phenoxy) is 1. The normalized spacial score (nSPS) is 10.5. The van der Waals surface area contributed by atoms with E-state index in [0.29, 0.717) is 0 Å². The summed E-state index contributed by atoms with van der Waals surface area (Å²) in [7, 11) is 3.75. The lowest BCUT2D eigenvalue weighted by Gasteiger charge is -2.07. The molecule has 3 nitrogen and oxygen atoms in total. The molecule has 90 valence electrons. The minimum atomic E-state index is 0.850. The quantitative estimate of drug-likeness (QED) is 0.853. The molecular formula is C14H18N2O. The number of methoxy groups -OCH3 is 1. The molecule has 17 heavy (non-hydrogen) atoms. The van der Waals surface area contributed by atoms with E-state index in [9.17, 15) is 0 Å². The fraction of sp³-hybridized carbons (Fsp3) is 0.286. The molecule has 0 saturated carbocycles. The van der Waals surface area contributed by atoms with Crippen LogP contribution in [0.4, 0.5) is 0 Å². The SMILES string of the molecule is COc1cccc(CNCc2cccn2C)c1. The Labute approximate surface area is 102 Å². The molecule has 2 aromatic rings. The Bertz CT molecular complexity index is 477. The minimum Gasteiger partial charge on any atom is -0.497 e. The number of benzene rings is 1. The molecule has 0 bridgehead atoms. The monoisotopic (exact) mass is 230 g/mol. The van der Waals surface area contributed by atoms with E-state index in [4.69, 9.17) is 4.74 Å². The van der Waals surface area contributed by atoms with Gasteiger partial charge in [-0.3, -0.25) is 0 Å². The number of hydrogen-bond acceptors (Lipinski definition) is 2. The number of aryl methyl sites for hydroxylation is 1. The predicted octanol–water partition coefficient (Wildman–Crippen LogP) is 2.32. The zero-order valence-electron chi connectivity index (χ0n) is 10.3. The number of hydrogen-bond donors (Lipinski definition) is 1. The van der Waals surface area contributed by atoms with Crippen LogP contribution in [0, 0.1) is 0 Å². The second-order valence-corrected chi connectivity index (χ2v) is 4.07. The van der Waals surface area contributed by atoms with Crippen LogP contribution in [0.5, 0.6) is 5.75 Å². The molecule has 0 aliphatic rings. The molecule has 0 aliphatic heterocycles. The topological polar surface area (TPSA) is 26.2 Å². The summed E-state index contributed by atoms with van der Waals surface area (Å²) in [6.07, 6.45) is 2.06.